The van der Waals surface area contributed by atoms with Crippen molar-refractivity contribution in [3.8, 4) is 11.8 Å². The fourth-order valence-corrected chi connectivity index (χ4v) is 1.85. The third kappa shape index (κ3) is 4.20. The molecule has 0 saturated heterocycles. The molecule has 0 aromatic carbocycles. The van der Waals surface area contributed by atoms with Gasteiger partial charge in [-0.1, -0.05) is 19.9 Å². The Kier molecular flexibility index (Phi) is 6.35. The van der Waals surface area contributed by atoms with E-state index in [-0.39, 0.29) is 6.04 Å². The lowest BCUT2D eigenvalue weighted by Crippen LogP contribution is -2.23. The molecule has 0 fully saturated rings. The lowest BCUT2D eigenvalue weighted by molar-refractivity contribution is 0.526. The van der Waals surface area contributed by atoms with Crippen molar-refractivity contribution in [1.82, 2.24) is 10.3 Å². The molecule has 0 amide bonds. The Bertz CT molecular complexity index is 387. The van der Waals surface area contributed by atoms with Crippen molar-refractivity contribution in [1.29, 1.82) is 0 Å². The van der Waals surface area contributed by atoms with Crippen LogP contribution in [-0.2, 0) is 6.42 Å². The van der Waals surface area contributed by atoms with Crippen LogP contribution in [0.25, 0.3) is 0 Å². The van der Waals surface area contributed by atoms with Crippen LogP contribution in [0, 0.1) is 11.8 Å². The summed E-state index contributed by atoms with van der Waals surface area (Å²) in [5.41, 5.74) is 2.48. The lowest BCUT2D eigenvalue weighted by atomic mass is 10.0. The van der Waals surface area contributed by atoms with Crippen molar-refractivity contribution < 1.29 is 0 Å². The Labute approximate surface area is 105 Å². The molecule has 0 bridgehead atoms. The summed E-state index contributed by atoms with van der Waals surface area (Å²) < 4.78 is 0. The van der Waals surface area contributed by atoms with Crippen LogP contribution in [0.3, 0.4) is 0 Å². The number of hydrogen-bond acceptors (Lipinski definition) is 2. The van der Waals surface area contributed by atoms with E-state index < -0.39 is 0 Å². The molecule has 0 saturated carbocycles. The van der Waals surface area contributed by atoms with E-state index in [0.29, 0.717) is 0 Å². The van der Waals surface area contributed by atoms with Crippen molar-refractivity contribution in [2.24, 2.45) is 0 Å². The Balaban J connectivity index is 2.88. The Morgan fingerprint density at radius 1 is 1.41 bits per heavy atom. The zero-order chi connectivity index (χ0) is 12.5. The van der Waals surface area contributed by atoms with Gasteiger partial charge in [-0.25, -0.2) is 0 Å². The average Bonchev–Trinajstić information content (AvgIpc) is 2.39. The molecular formula is C15H22N2. The minimum atomic E-state index is 0.263. The summed E-state index contributed by atoms with van der Waals surface area (Å²) in [6.07, 6.45) is 4.85. The summed E-state index contributed by atoms with van der Waals surface area (Å²) in [5, 5.41) is 3.53. The topological polar surface area (TPSA) is 24.9 Å². The van der Waals surface area contributed by atoms with E-state index in [4.69, 9.17) is 0 Å². The Hall–Kier alpha value is -1.33. The fraction of sp³-hybridized carbons (Fsp3) is 0.533. The second kappa shape index (κ2) is 7.86. The van der Waals surface area contributed by atoms with Gasteiger partial charge in [-0.3, -0.25) is 4.98 Å². The number of nitrogens with zero attached hydrogens (tertiary/aromatic N) is 1. The SMILES string of the molecule is CC#CCC(NCCC)c1ncccc1CC. The molecule has 1 rings (SSSR count). The van der Waals surface area contributed by atoms with Crippen molar-refractivity contribution >= 4 is 0 Å². The number of pyridine rings is 1. The molecule has 1 heterocycles. The van der Waals surface area contributed by atoms with Gasteiger partial charge in [-0.15, -0.1) is 11.8 Å². The molecule has 1 aromatic rings. The molecule has 0 aliphatic rings. The largest absolute Gasteiger partial charge is 0.308 e. The molecular weight excluding hydrogens is 208 g/mol. The van der Waals surface area contributed by atoms with Crippen molar-refractivity contribution in [3.05, 3.63) is 29.6 Å². The molecule has 1 unspecified atom stereocenters. The number of aryl methyl sites for hydroxylation is 1. The molecule has 0 radical (unpaired) electrons. The summed E-state index contributed by atoms with van der Waals surface area (Å²) in [6.45, 7) is 7.24. The zero-order valence-electron chi connectivity index (χ0n) is 11.1. The number of hydrogen-bond donors (Lipinski definition) is 1. The molecule has 1 aromatic heterocycles. The minimum absolute atomic E-state index is 0.263. The molecule has 0 aliphatic heterocycles. The second-order valence-electron chi connectivity index (χ2n) is 4.04. The van der Waals surface area contributed by atoms with E-state index in [9.17, 15) is 0 Å². The van der Waals surface area contributed by atoms with Gasteiger partial charge >= 0.3 is 0 Å². The van der Waals surface area contributed by atoms with Gasteiger partial charge in [-0.05, 0) is 37.9 Å². The molecule has 0 spiro atoms. The predicted octanol–water partition coefficient (Wildman–Crippen LogP) is 3.10. The summed E-state index contributed by atoms with van der Waals surface area (Å²) in [4.78, 5) is 4.53. The van der Waals surface area contributed by atoms with Gasteiger partial charge in [0.25, 0.3) is 0 Å². The van der Waals surface area contributed by atoms with Gasteiger partial charge < -0.3 is 5.32 Å². The lowest BCUT2D eigenvalue weighted by Gasteiger charge is -2.18. The van der Waals surface area contributed by atoms with Crippen LogP contribution in [-0.4, -0.2) is 11.5 Å². The van der Waals surface area contributed by atoms with Crippen LogP contribution in [0.5, 0.6) is 0 Å². The number of rotatable bonds is 6. The van der Waals surface area contributed by atoms with Crippen molar-refractivity contribution in [2.75, 3.05) is 6.54 Å². The number of aromatic nitrogens is 1. The van der Waals surface area contributed by atoms with Crippen LogP contribution in [0.15, 0.2) is 18.3 Å². The first-order chi connectivity index (χ1) is 8.33. The van der Waals surface area contributed by atoms with E-state index in [1.807, 2.05) is 19.2 Å². The molecule has 2 nitrogen and oxygen atoms in total. The zero-order valence-corrected chi connectivity index (χ0v) is 11.1. The predicted molar refractivity (Wildman–Crippen MR) is 72.7 cm³/mol. The highest BCUT2D eigenvalue weighted by molar-refractivity contribution is 5.24. The standard InChI is InChI=1S/C15H22N2/c1-4-7-10-14(16-11-5-2)15-13(6-3)9-8-12-17-15/h8-9,12,14,16H,5-6,10-11H2,1-3H3. The molecule has 2 heteroatoms. The highest BCUT2D eigenvalue weighted by atomic mass is 14.9. The third-order valence-corrected chi connectivity index (χ3v) is 2.76. The Morgan fingerprint density at radius 3 is 2.88 bits per heavy atom. The first-order valence-electron chi connectivity index (χ1n) is 6.40. The first-order valence-corrected chi connectivity index (χ1v) is 6.40. The monoisotopic (exact) mass is 230 g/mol. The average molecular weight is 230 g/mol. The second-order valence-corrected chi connectivity index (χ2v) is 4.04. The van der Waals surface area contributed by atoms with Crippen LogP contribution in [0.4, 0.5) is 0 Å². The van der Waals surface area contributed by atoms with E-state index >= 15 is 0 Å². The van der Waals surface area contributed by atoms with Gasteiger partial charge in [-0.2, -0.15) is 0 Å². The van der Waals surface area contributed by atoms with E-state index in [1.165, 1.54) is 5.56 Å². The third-order valence-electron chi connectivity index (χ3n) is 2.76. The molecule has 1 atom stereocenters. The van der Waals surface area contributed by atoms with Crippen LogP contribution >= 0.6 is 0 Å². The van der Waals surface area contributed by atoms with E-state index in [2.05, 4.69) is 42.1 Å². The van der Waals surface area contributed by atoms with Crippen molar-refractivity contribution in [2.45, 2.75) is 46.1 Å². The van der Waals surface area contributed by atoms with Crippen molar-refractivity contribution in [3.63, 3.8) is 0 Å². The van der Waals surface area contributed by atoms with Gasteiger partial charge in [0, 0.05) is 12.6 Å². The highest BCUT2D eigenvalue weighted by Crippen LogP contribution is 2.18. The minimum Gasteiger partial charge on any atom is -0.308 e. The normalized spacial score (nSPS) is 11.7. The maximum Gasteiger partial charge on any atom is 0.0614 e. The Morgan fingerprint density at radius 2 is 2.24 bits per heavy atom. The van der Waals surface area contributed by atoms with Crippen LogP contribution < -0.4 is 5.32 Å². The maximum absolute atomic E-state index is 4.53. The van der Waals surface area contributed by atoms with E-state index in [1.54, 1.807) is 0 Å². The van der Waals surface area contributed by atoms with Gasteiger partial charge in [0.1, 0.15) is 0 Å². The van der Waals surface area contributed by atoms with E-state index in [0.717, 1.165) is 31.5 Å². The highest BCUT2D eigenvalue weighted by Gasteiger charge is 2.13. The quantitative estimate of drug-likeness (QED) is 0.760. The number of nitrogens with one attached hydrogen (secondary N) is 1. The molecule has 1 N–H and O–H groups in total. The molecule has 92 valence electrons. The molecule has 0 aliphatic carbocycles. The maximum atomic E-state index is 4.53. The smallest absolute Gasteiger partial charge is 0.0614 e. The molecule has 17 heavy (non-hydrogen) atoms. The summed E-state index contributed by atoms with van der Waals surface area (Å²) in [5.74, 6) is 6.12. The van der Waals surface area contributed by atoms with Crippen LogP contribution in [0.2, 0.25) is 0 Å². The van der Waals surface area contributed by atoms with Crippen LogP contribution in [0.1, 0.15) is 50.9 Å². The summed E-state index contributed by atoms with van der Waals surface area (Å²) in [6, 6.07) is 4.42. The fourth-order valence-electron chi connectivity index (χ4n) is 1.85. The van der Waals surface area contributed by atoms with Gasteiger partial charge in [0.15, 0.2) is 0 Å². The van der Waals surface area contributed by atoms with Gasteiger partial charge in [0.05, 0.1) is 11.7 Å². The van der Waals surface area contributed by atoms with Gasteiger partial charge in [0.2, 0.25) is 0 Å². The first kappa shape index (κ1) is 13.7. The summed E-state index contributed by atoms with van der Waals surface area (Å²) >= 11 is 0. The summed E-state index contributed by atoms with van der Waals surface area (Å²) in [7, 11) is 0.